The summed E-state index contributed by atoms with van der Waals surface area (Å²) in [6.07, 6.45) is 0. The van der Waals surface area contributed by atoms with Crippen LogP contribution in [0.3, 0.4) is 0 Å². The summed E-state index contributed by atoms with van der Waals surface area (Å²) in [5.41, 5.74) is 7.04. The number of nitrogen functional groups attached to an aromatic ring is 1. The number of rotatable bonds is 7. The fourth-order valence-electron chi connectivity index (χ4n) is 2.55. The van der Waals surface area contributed by atoms with Gasteiger partial charge in [-0.3, -0.25) is 4.90 Å². The molecule has 1 atom stereocenters. The van der Waals surface area contributed by atoms with E-state index in [2.05, 4.69) is 59.4 Å². The molecule has 0 aliphatic rings. The van der Waals surface area contributed by atoms with Crippen molar-refractivity contribution in [3.63, 3.8) is 0 Å². The molecule has 1 aromatic carbocycles. The van der Waals surface area contributed by atoms with Crippen LogP contribution in [-0.4, -0.2) is 29.5 Å². The molecule has 0 amide bonds. The highest BCUT2D eigenvalue weighted by Crippen LogP contribution is 2.21. The summed E-state index contributed by atoms with van der Waals surface area (Å²) in [5.74, 6) is 1.36. The van der Waals surface area contributed by atoms with E-state index in [1.807, 2.05) is 12.1 Å². The monoisotopic (exact) mass is 284 g/mol. The summed E-state index contributed by atoms with van der Waals surface area (Å²) >= 11 is 0. The highest BCUT2D eigenvalue weighted by Gasteiger charge is 2.17. The Bertz CT molecular complexity index is 537. The quantitative estimate of drug-likeness (QED) is 0.820. The molecule has 0 aliphatic heterocycles. The summed E-state index contributed by atoms with van der Waals surface area (Å²) in [7, 11) is 0. The zero-order valence-electron chi connectivity index (χ0n) is 12.8. The van der Waals surface area contributed by atoms with Crippen molar-refractivity contribution in [1.29, 1.82) is 0 Å². The van der Waals surface area contributed by atoms with Crippen molar-refractivity contribution in [3.8, 4) is 0 Å². The first-order valence-corrected chi connectivity index (χ1v) is 7.50. The van der Waals surface area contributed by atoms with E-state index in [-0.39, 0.29) is 0 Å². The third-order valence-electron chi connectivity index (χ3n) is 3.68. The molecule has 4 heteroatoms. The van der Waals surface area contributed by atoms with Gasteiger partial charge in [-0.25, -0.2) is 4.98 Å². The van der Waals surface area contributed by atoms with Crippen LogP contribution in [0.25, 0.3) is 0 Å². The molecule has 3 N–H and O–H groups in total. The van der Waals surface area contributed by atoms with Crippen LogP contribution in [0.15, 0.2) is 48.5 Å². The third kappa shape index (κ3) is 4.20. The van der Waals surface area contributed by atoms with Gasteiger partial charge in [0.1, 0.15) is 11.6 Å². The third-order valence-corrected chi connectivity index (χ3v) is 3.68. The number of likely N-dealkylation sites (N-methyl/N-ethyl adjacent to an activating group) is 1. The molecule has 0 saturated carbocycles. The second kappa shape index (κ2) is 7.64. The molecule has 2 rings (SSSR count). The van der Waals surface area contributed by atoms with Crippen molar-refractivity contribution in [2.45, 2.75) is 19.9 Å². The fourth-order valence-corrected chi connectivity index (χ4v) is 2.55. The zero-order chi connectivity index (χ0) is 15.1. The van der Waals surface area contributed by atoms with Crippen molar-refractivity contribution in [2.75, 3.05) is 30.7 Å². The molecular weight excluding hydrogens is 260 g/mol. The van der Waals surface area contributed by atoms with E-state index < -0.39 is 0 Å². The minimum absolute atomic E-state index is 0.324. The Balaban J connectivity index is 2.13. The van der Waals surface area contributed by atoms with Crippen LogP contribution in [-0.2, 0) is 0 Å². The van der Waals surface area contributed by atoms with Gasteiger partial charge in [0.25, 0.3) is 0 Å². The molecule has 1 unspecified atom stereocenters. The molecule has 0 fully saturated rings. The fraction of sp³-hybridized carbons (Fsp3) is 0.353. The number of hydrogen-bond donors (Lipinski definition) is 2. The van der Waals surface area contributed by atoms with Crippen molar-refractivity contribution < 1.29 is 0 Å². The van der Waals surface area contributed by atoms with Gasteiger partial charge in [0.15, 0.2) is 0 Å². The first-order valence-electron chi connectivity index (χ1n) is 7.50. The van der Waals surface area contributed by atoms with Crippen molar-refractivity contribution in [1.82, 2.24) is 9.88 Å². The lowest BCUT2D eigenvalue weighted by Gasteiger charge is -2.30. The largest absolute Gasteiger partial charge is 0.384 e. The number of nitrogens with two attached hydrogens (primary N) is 1. The number of hydrogen-bond acceptors (Lipinski definition) is 4. The molecule has 0 saturated heterocycles. The van der Waals surface area contributed by atoms with Crippen LogP contribution in [0.1, 0.15) is 25.5 Å². The zero-order valence-corrected chi connectivity index (χ0v) is 12.8. The highest BCUT2D eigenvalue weighted by molar-refractivity contribution is 5.42. The number of aromatic nitrogens is 1. The maximum atomic E-state index is 5.73. The molecule has 112 valence electrons. The van der Waals surface area contributed by atoms with E-state index in [1.54, 1.807) is 6.07 Å². The summed E-state index contributed by atoms with van der Waals surface area (Å²) in [5, 5.41) is 3.40. The van der Waals surface area contributed by atoms with Gasteiger partial charge in [-0.2, -0.15) is 0 Å². The summed E-state index contributed by atoms with van der Waals surface area (Å²) in [6, 6.07) is 16.6. The van der Waals surface area contributed by atoms with Gasteiger partial charge in [-0.15, -0.1) is 0 Å². The number of nitrogens with one attached hydrogen (secondary N) is 1. The number of benzene rings is 1. The van der Waals surface area contributed by atoms with Crippen LogP contribution >= 0.6 is 0 Å². The number of pyridine rings is 1. The van der Waals surface area contributed by atoms with Crippen molar-refractivity contribution in [3.05, 3.63) is 54.1 Å². The predicted molar refractivity (Wildman–Crippen MR) is 89.2 cm³/mol. The van der Waals surface area contributed by atoms with E-state index in [0.29, 0.717) is 11.9 Å². The molecule has 1 heterocycles. The molecule has 4 nitrogen and oxygen atoms in total. The topological polar surface area (TPSA) is 54.2 Å². The Morgan fingerprint density at radius 3 is 2.38 bits per heavy atom. The lowest BCUT2D eigenvalue weighted by Crippen LogP contribution is -2.33. The summed E-state index contributed by atoms with van der Waals surface area (Å²) in [4.78, 5) is 6.74. The lowest BCUT2D eigenvalue weighted by molar-refractivity contribution is 0.228. The van der Waals surface area contributed by atoms with Crippen molar-refractivity contribution in [2.24, 2.45) is 0 Å². The minimum Gasteiger partial charge on any atom is -0.384 e. The van der Waals surface area contributed by atoms with Crippen molar-refractivity contribution >= 4 is 11.6 Å². The van der Waals surface area contributed by atoms with Crippen LogP contribution in [0.4, 0.5) is 11.6 Å². The first kappa shape index (κ1) is 15.3. The average Bonchev–Trinajstić information content (AvgIpc) is 2.52. The maximum absolute atomic E-state index is 5.73. The van der Waals surface area contributed by atoms with E-state index in [0.717, 1.165) is 25.5 Å². The van der Waals surface area contributed by atoms with E-state index in [9.17, 15) is 0 Å². The number of nitrogens with zero attached hydrogens (tertiary/aromatic N) is 2. The van der Waals surface area contributed by atoms with Crippen LogP contribution in [0, 0.1) is 0 Å². The van der Waals surface area contributed by atoms with Gasteiger partial charge in [0, 0.05) is 6.54 Å². The van der Waals surface area contributed by atoms with Gasteiger partial charge in [-0.05, 0) is 30.8 Å². The molecule has 0 bridgehead atoms. The van der Waals surface area contributed by atoms with Crippen LogP contribution in [0.5, 0.6) is 0 Å². The van der Waals surface area contributed by atoms with Gasteiger partial charge in [0.05, 0.1) is 6.04 Å². The van der Waals surface area contributed by atoms with Gasteiger partial charge >= 0.3 is 0 Å². The molecule has 0 aliphatic carbocycles. The Kier molecular flexibility index (Phi) is 5.58. The molecule has 0 radical (unpaired) electrons. The molecule has 2 aromatic rings. The first-order chi connectivity index (χ1) is 10.2. The number of anilines is 2. The molecular formula is C17H24N4. The van der Waals surface area contributed by atoms with E-state index in [4.69, 9.17) is 5.73 Å². The van der Waals surface area contributed by atoms with Crippen LogP contribution in [0.2, 0.25) is 0 Å². The Morgan fingerprint density at radius 2 is 1.76 bits per heavy atom. The SMILES string of the molecule is CCN(CC)C(CNc1cccc(N)n1)c1ccccc1. The van der Waals surface area contributed by atoms with Gasteiger partial charge < -0.3 is 11.1 Å². The Hall–Kier alpha value is -2.07. The van der Waals surface area contributed by atoms with Gasteiger partial charge in [0.2, 0.25) is 0 Å². The van der Waals surface area contributed by atoms with Gasteiger partial charge in [-0.1, -0.05) is 50.2 Å². The highest BCUT2D eigenvalue weighted by atomic mass is 15.2. The Labute approximate surface area is 127 Å². The molecule has 21 heavy (non-hydrogen) atoms. The second-order valence-electron chi connectivity index (χ2n) is 4.98. The average molecular weight is 284 g/mol. The standard InChI is InChI=1S/C17H24N4/c1-3-21(4-2)15(14-9-6-5-7-10-14)13-19-17-12-8-11-16(18)20-17/h5-12,15H,3-4,13H2,1-2H3,(H3,18,19,20). The predicted octanol–water partition coefficient (Wildman–Crippen LogP) is 3.16. The normalized spacial score (nSPS) is 12.3. The molecule has 1 aromatic heterocycles. The van der Waals surface area contributed by atoms with E-state index >= 15 is 0 Å². The minimum atomic E-state index is 0.324. The van der Waals surface area contributed by atoms with E-state index in [1.165, 1.54) is 5.56 Å². The summed E-state index contributed by atoms with van der Waals surface area (Å²) < 4.78 is 0. The maximum Gasteiger partial charge on any atom is 0.128 e. The second-order valence-corrected chi connectivity index (χ2v) is 4.98. The smallest absolute Gasteiger partial charge is 0.128 e. The lowest BCUT2D eigenvalue weighted by atomic mass is 10.1. The summed E-state index contributed by atoms with van der Waals surface area (Å²) in [6.45, 7) is 7.22. The molecule has 0 spiro atoms. The van der Waals surface area contributed by atoms with Crippen LogP contribution < -0.4 is 11.1 Å². The Morgan fingerprint density at radius 1 is 1.05 bits per heavy atom.